The molecule has 0 saturated heterocycles. The van der Waals surface area contributed by atoms with Crippen LogP contribution in [0.5, 0.6) is 0 Å². The Labute approximate surface area is 82.5 Å². The summed E-state index contributed by atoms with van der Waals surface area (Å²) in [7, 11) is 0. The van der Waals surface area contributed by atoms with Crippen LogP contribution >= 0.6 is 12.9 Å². The molecule has 0 aliphatic rings. The van der Waals surface area contributed by atoms with Gasteiger partial charge in [-0.1, -0.05) is 33.6 Å². The zero-order valence-corrected chi connectivity index (χ0v) is 9.66. The summed E-state index contributed by atoms with van der Waals surface area (Å²) in [5, 5.41) is 0. The molecule has 0 fully saturated rings. The average molecular weight is 190 g/mol. The van der Waals surface area contributed by atoms with E-state index in [9.17, 15) is 0 Å². The van der Waals surface area contributed by atoms with Crippen LogP contribution in [0.3, 0.4) is 0 Å². The zero-order valence-electron chi connectivity index (χ0n) is 8.76. The summed E-state index contributed by atoms with van der Waals surface area (Å²) in [6.07, 6.45) is 5.19. The van der Waals surface area contributed by atoms with Crippen LogP contribution in [-0.2, 0) is 4.18 Å². The molecule has 0 aromatic carbocycles. The van der Waals surface area contributed by atoms with E-state index >= 15 is 0 Å². The van der Waals surface area contributed by atoms with Crippen LogP contribution in [0.2, 0.25) is 0 Å². The second-order valence-corrected chi connectivity index (χ2v) is 4.54. The number of hydrogen-bond acceptors (Lipinski definition) is 2. The highest BCUT2D eigenvalue weighted by Gasteiger charge is 2.14. The first kappa shape index (κ1) is 12.3. The summed E-state index contributed by atoms with van der Waals surface area (Å²) < 4.78 is 4.89. The summed E-state index contributed by atoms with van der Waals surface area (Å²) >= 11 is 3.78. The predicted molar refractivity (Wildman–Crippen MR) is 57.5 cm³/mol. The van der Waals surface area contributed by atoms with Crippen LogP contribution in [0.4, 0.5) is 0 Å². The van der Waals surface area contributed by atoms with Gasteiger partial charge in [0.25, 0.3) is 0 Å². The van der Waals surface area contributed by atoms with Gasteiger partial charge in [-0.05, 0) is 38.1 Å². The third kappa shape index (κ3) is 5.90. The van der Waals surface area contributed by atoms with E-state index in [1.165, 1.54) is 19.3 Å². The van der Waals surface area contributed by atoms with Crippen molar-refractivity contribution >= 4 is 12.9 Å². The van der Waals surface area contributed by atoms with Crippen molar-refractivity contribution in [1.82, 2.24) is 0 Å². The molecule has 0 aliphatic carbocycles. The lowest BCUT2D eigenvalue weighted by Gasteiger charge is -2.22. The van der Waals surface area contributed by atoms with Crippen molar-refractivity contribution in [2.45, 2.75) is 59.5 Å². The van der Waals surface area contributed by atoms with Gasteiger partial charge in [0.1, 0.15) is 0 Å². The maximum absolute atomic E-state index is 4.89. The second kappa shape index (κ2) is 5.87. The van der Waals surface area contributed by atoms with Crippen molar-refractivity contribution in [2.75, 3.05) is 0 Å². The molecule has 0 unspecified atom stereocenters. The fourth-order valence-electron chi connectivity index (χ4n) is 1.10. The largest absolute Gasteiger partial charge is 0.316 e. The molecule has 0 rings (SSSR count). The Balaban J connectivity index is 3.42. The van der Waals surface area contributed by atoms with Crippen molar-refractivity contribution in [2.24, 2.45) is 5.41 Å². The topological polar surface area (TPSA) is 9.23 Å². The summed E-state index contributed by atoms with van der Waals surface area (Å²) in [5.41, 5.74) is 0.496. The van der Waals surface area contributed by atoms with Crippen LogP contribution in [0.25, 0.3) is 0 Å². The van der Waals surface area contributed by atoms with E-state index in [-0.39, 0.29) is 0 Å². The SMILES string of the molecule is CCC(C)(C)CCC[C@H](C)OS. The van der Waals surface area contributed by atoms with Gasteiger partial charge >= 0.3 is 0 Å². The molecule has 0 aromatic rings. The van der Waals surface area contributed by atoms with Crippen LogP contribution in [0.1, 0.15) is 53.4 Å². The van der Waals surface area contributed by atoms with Gasteiger partial charge in [0.2, 0.25) is 0 Å². The van der Waals surface area contributed by atoms with Crippen molar-refractivity contribution in [3.05, 3.63) is 0 Å². The minimum atomic E-state index is 0.293. The van der Waals surface area contributed by atoms with Crippen LogP contribution < -0.4 is 0 Å². The fraction of sp³-hybridized carbons (Fsp3) is 1.00. The molecular formula is C10H22OS. The molecule has 0 spiro atoms. The van der Waals surface area contributed by atoms with E-state index in [4.69, 9.17) is 4.18 Å². The van der Waals surface area contributed by atoms with Crippen LogP contribution in [0.15, 0.2) is 0 Å². The van der Waals surface area contributed by atoms with Gasteiger partial charge < -0.3 is 4.18 Å². The summed E-state index contributed by atoms with van der Waals surface area (Å²) in [6.45, 7) is 8.95. The normalized spacial score (nSPS) is 14.8. The minimum Gasteiger partial charge on any atom is -0.316 e. The van der Waals surface area contributed by atoms with Gasteiger partial charge in [-0.2, -0.15) is 0 Å². The Morgan fingerprint density at radius 3 is 2.42 bits per heavy atom. The summed E-state index contributed by atoms with van der Waals surface area (Å²) in [6, 6.07) is 0. The van der Waals surface area contributed by atoms with E-state index in [0.29, 0.717) is 11.5 Å². The molecule has 1 atom stereocenters. The van der Waals surface area contributed by atoms with Gasteiger partial charge in [-0.15, -0.1) is 0 Å². The lowest BCUT2D eigenvalue weighted by Crippen LogP contribution is -2.11. The van der Waals surface area contributed by atoms with Crippen LogP contribution in [0, 0.1) is 5.41 Å². The zero-order chi connectivity index (χ0) is 9.61. The molecule has 0 N–H and O–H groups in total. The highest BCUT2D eigenvalue weighted by atomic mass is 32.1. The molecule has 2 heteroatoms. The van der Waals surface area contributed by atoms with E-state index in [1.54, 1.807) is 0 Å². The lowest BCUT2D eigenvalue weighted by molar-refractivity contribution is 0.230. The van der Waals surface area contributed by atoms with Crippen molar-refractivity contribution in [3.63, 3.8) is 0 Å². The monoisotopic (exact) mass is 190 g/mol. The van der Waals surface area contributed by atoms with Crippen molar-refractivity contribution < 1.29 is 4.18 Å². The van der Waals surface area contributed by atoms with E-state index in [0.717, 1.165) is 6.42 Å². The Kier molecular flexibility index (Phi) is 6.02. The predicted octanol–water partition coefficient (Wildman–Crippen LogP) is 3.84. The van der Waals surface area contributed by atoms with Crippen LogP contribution in [-0.4, -0.2) is 6.10 Å². The lowest BCUT2D eigenvalue weighted by atomic mass is 9.84. The van der Waals surface area contributed by atoms with E-state index in [2.05, 4.69) is 40.6 Å². The highest BCUT2D eigenvalue weighted by molar-refractivity contribution is 7.75. The molecule has 1 nitrogen and oxygen atoms in total. The first-order chi connectivity index (χ1) is 5.52. The molecule has 0 heterocycles. The van der Waals surface area contributed by atoms with Gasteiger partial charge in [0.15, 0.2) is 0 Å². The maximum Gasteiger partial charge on any atom is 0.0691 e. The molecule has 0 bridgehead atoms. The number of thiol groups is 1. The smallest absolute Gasteiger partial charge is 0.0691 e. The van der Waals surface area contributed by atoms with Crippen molar-refractivity contribution in [3.8, 4) is 0 Å². The van der Waals surface area contributed by atoms with E-state index < -0.39 is 0 Å². The van der Waals surface area contributed by atoms with Gasteiger partial charge in [-0.25, -0.2) is 0 Å². The molecule has 0 saturated carbocycles. The molecule has 0 radical (unpaired) electrons. The van der Waals surface area contributed by atoms with E-state index in [1.807, 2.05) is 0 Å². The first-order valence-corrected chi connectivity index (χ1v) is 5.18. The van der Waals surface area contributed by atoms with Gasteiger partial charge in [-0.3, -0.25) is 0 Å². The molecule has 0 aliphatic heterocycles. The Hall–Kier alpha value is 0.310. The molecule has 12 heavy (non-hydrogen) atoms. The molecule has 0 amide bonds. The number of rotatable bonds is 6. The maximum atomic E-state index is 4.89. The standard InChI is InChI=1S/C10H22OS/c1-5-10(3,4)8-6-7-9(2)11-12/h9,12H,5-8H2,1-4H3/t9-/m0/s1. The Bertz CT molecular complexity index is 112. The third-order valence-electron chi connectivity index (χ3n) is 2.60. The molecular weight excluding hydrogens is 168 g/mol. The first-order valence-electron chi connectivity index (χ1n) is 4.82. The number of hydrogen-bond donors (Lipinski definition) is 1. The quantitative estimate of drug-likeness (QED) is 0.494. The highest BCUT2D eigenvalue weighted by Crippen LogP contribution is 2.27. The minimum absolute atomic E-state index is 0.293. The average Bonchev–Trinajstić information content (AvgIpc) is 2.04. The third-order valence-corrected chi connectivity index (χ3v) is 2.96. The molecule has 74 valence electrons. The molecule has 0 aromatic heterocycles. The summed E-state index contributed by atoms with van der Waals surface area (Å²) in [5.74, 6) is 0. The Morgan fingerprint density at radius 1 is 1.42 bits per heavy atom. The van der Waals surface area contributed by atoms with Gasteiger partial charge in [0.05, 0.1) is 6.10 Å². The second-order valence-electron chi connectivity index (χ2n) is 4.33. The van der Waals surface area contributed by atoms with Gasteiger partial charge in [0, 0.05) is 0 Å². The summed E-state index contributed by atoms with van der Waals surface area (Å²) in [4.78, 5) is 0. The Morgan fingerprint density at radius 2 is 2.00 bits per heavy atom. The fourth-order valence-corrected chi connectivity index (χ4v) is 1.20. The van der Waals surface area contributed by atoms with Crippen molar-refractivity contribution in [1.29, 1.82) is 0 Å².